The quantitative estimate of drug-likeness (QED) is 0.0222. The summed E-state index contributed by atoms with van der Waals surface area (Å²) in [5.41, 5.74) is 0. The van der Waals surface area contributed by atoms with Gasteiger partial charge in [0.1, 0.15) is 19.3 Å². The van der Waals surface area contributed by atoms with Crippen LogP contribution in [-0.4, -0.2) is 96.7 Å². The van der Waals surface area contributed by atoms with Gasteiger partial charge in [-0.25, -0.2) is 9.13 Å². The van der Waals surface area contributed by atoms with Crippen molar-refractivity contribution in [3.63, 3.8) is 0 Å². The molecule has 17 nitrogen and oxygen atoms in total. The number of hydrogen-bond acceptors (Lipinski definition) is 15. The molecule has 0 aromatic rings. The third kappa shape index (κ3) is 70.9. The van der Waals surface area contributed by atoms with E-state index in [0.29, 0.717) is 31.6 Å². The molecule has 0 heterocycles. The van der Waals surface area contributed by atoms with E-state index >= 15 is 0 Å². The molecule has 0 aliphatic heterocycles. The number of aliphatic hydroxyl groups is 1. The van der Waals surface area contributed by atoms with E-state index in [1.54, 1.807) is 0 Å². The Bertz CT molecular complexity index is 1900. The average Bonchev–Trinajstić information content (AvgIpc) is 0.974. The van der Waals surface area contributed by atoms with Crippen molar-refractivity contribution in [3.05, 3.63) is 0 Å². The summed E-state index contributed by atoms with van der Waals surface area (Å²) in [7, 11) is -9.91. The van der Waals surface area contributed by atoms with Gasteiger partial charge >= 0.3 is 39.5 Å². The number of carbonyl (C=O) groups is 4. The molecule has 97 heavy (non-hydrogen) atoms. The van der Waals surface area contributed by atoms with E-state index in [9.17, 15) is 43.2 Å². The Kier molecular flexibility index (Phi) is 65.9. The van der Waals surface area contributed by atoms with E-state index < -0.39 is 97.5 Å². The first-order valence-corrected chi connectivity index (χ1v) is 43.2. The van der Waals surface area contributed by atoms with Crippen LogP contribution in [0.4, 0.5) is 0 Å². The van der Waals surface area contributed by atoms with Crippen molar-refractivity contribution < 1.29 is 80.2 Å². The summed E-state index contributed by atoms with van der Waals surface area (Å²) < 4.78 is 68.5. The van der Waals surface area contributed by atoms with E-state index in [0.717, 1.165) is 114 Å². The Morgan fingerprint density at radius 3 is 0.732 bits per heavy atom. The lowest BCUT2D eigenvalue weighted by atomic mass is 9.99. The minimum atomic E-state index is -4.96. The molecule has 0 saturated carbocycles. The molecule has 0 aromatic heterocycles. The van der Waals surface area contributed by atoms with E-state index in [-0.39, 0.29) is 25.7 Å². The van der Waals surface area contributed by atoms with Gasteiger partial charge in [0.25, 0.3) is 0 Å². The zero-order valence-electron chi connectivity index (χ0n) is 63.7. The Hall–Kier alpha value is -1.94. The van der Waals surface area contributed by atoms with Crippen LogP contribution in [0, 0.1) is 23.7 Å². The number of ether oxygens (including phenoxy) is 4. The summed E-state index contributed by atoms with van der Waals surface area (Å²) in [6.07, 6.45) is 53.1. The SMILES string of the molecule is CCC(C)CCCCCCCCCCCCCCCCCCCCC(=O)OC[C@H](COP(=O)(O)OC[C@@H](O)COP(=O)(O)OC[C@@H](COC(=O)CCCCCCCCC(C)C)OC(=O)CCCCCCCCCCC(C)C)OC(=O)CCCCCCCCCCCCCCC(C)C. The van der Waals surface area contributed by atoms with Crippen molar-refractivity contribution in [2.24, 2.45) is 23.7 Å². The molecule has 576 valence electrons. The summed E-state index contributed by atoms with van der Waals surface area (Å²) in [4.78, 5) is 72.8. The predicted molar refractivity (Wildman–Crippen MR) is 395 cm³/mol. The Morgan fingerprint density at radius 1 is 0.289 bits per heavy atom. The minimum Gasteiger partial charge on any atom is -0.462 e. The molecular weight excluding hydrogens is 1270 g/mol. The van der Waals surface area contributed by atoms with Crippen LogP contribution in [0.5, 0.6) is 0 Å². The van der Waals surface area contributed by atoms with Gasteiger partial charge in [-0.2, -0.15) is 0 Å². The Labute approximate surface area is 594 Å². The summed E-state index contributed by atoms with van der Waals surface area (Å²) in [5, 5.41) is 10.6. The molecule has 0 rings (SSSR count). The number of aliphatic hydroxyl groups excluding tert-OH is 1. The zero-order chi connectivity index (χ0) is 71.7. The molecule has 0 aliphatic carbocycles. The summed E-state index contributed by atoms with van der Waals surface area (Å²) in [6, 6.07) is 0. The fraction of sp³-hybridized carbons (Fsp3) is 0.949. The zero-order valence-corrected chi connectivity index (χ0v) is 65.5. The molecule has 0 spiro atoms. The highest BCUT2D eigenvalue weighted by Crippen LogP contribution is 2.45. The number of rotatable bonds is 75. The average molecular weight is 1420 g/mol. The first kappa shape index (κ1) is 95.1. The van der Waals surface area contributed by atoms with Crippen molar-refractivity contribution in [3.8, 4) is 0 Å². The molecule has 19 heteroatoms. The molecule has 3 N–H and O–H groups in total. The van der Waals surface area contributed by atoms with Crippen LogP contribution in [0.2, 0.25) is 0 Å². The first-order valence-electron chi connectivity index (χ1n) is 40.2. The highest BCUT2D eigenvalue weighted by atomic mass is 31.2. The van der Waals surface area contributed by atoms with E-state index in [2.05, 4.69) is 55.4 Å². The number of unbranched alkanes of at least 4 members (excludes halogenated alkanes) is 40. The van der Waals surface area contributed by atoms with Gasteiger partial charge in [0.05, 0.1) is 26.4 Å². The van der Waals surface area contributed by atoms with Gasteiger partial charge in [-0.15, -0.1) is 0 Å². The largest absolute Gasteiger partial charge is 0.472 e. The fourth-order valence-corrected chi connectivity index (χ4v) is 13.5. The van der Waals surface area contributed by atoms with E-state index in [1.807, 2.05) is 0 Å². The predicted octanol–water partition coefficient (Wildman–Crippen LogP) is 22.8. The lowest BCUT2D eigenvalue weighted by Crippen LogP contribution is -2.30. The normalized spacial score (nSPS) is 14.4. The third-order valence-electron chi connectivity index (χ3n) is 18.4. The van der Waals surface area contributed by atoms with Crippen LogP contribution in [0.15, 0.2) is 0 Å². The number of esters is 4. The number of phosphoric acid groups is 2. The van der Waals surface area contributed by atoms with Gasteiger partial charge in [0.15, 0.2) is 12.2 Å². The van der Waals surface area contributed by atoms with Gasteiger partial charge in [0.2, 0.25) is 0 Å². The Morgan fingerprint density at radius 2 is 0.495 bits per heavy atom. The molecule has 0 aliphatic rings. The lowest BCUT2D eigenvalue weighted by molar-refractivity contribution is -0.161. The van der Waals surface area contributed by atoms with Crippen LogP contribution >= 0.6 is 15.6 Å². The maximum atomic E-state index is 13.1. The van der Waals surface area contributed by atoms with Gasteiger partial charge in [-0.1, -0.05) is 344 Å². The molecule has 0 aromatic carbocycles. The van der Waals surface area contributed by atoms with Crippen LogP contribution in [0.1, 0.15) is 396 Å². The number of phosphoric ester groups is 2. The van der Waals surface area contributed by atoms with Crippen LogP contribution in [-0.2, 0) is 65.4 Å². The minimum absolute atomic E-state index is 0.103. The van der Waals surface area contributed by atoms with E-state index in [1.165, 1.54) is 193 Å². The van der Waals surface area contributed by atoms with Gasteiger partial charge in [-0.3, -0.25) is 37.3 Å². The van der Waals surface area contributed by atoms with Crippen LogP contribution in [0.25, 0.3) is 0 Å². The highest BCUT2D eigenvalue weighted by Gasteiger charge is 2.30. The maximum absolute atomic E-state index is 13.1. The van der Waals surface area contributed by atoms with Crippen molar-refractivity contribution in [1.82, 2.24) is 0 Å². The van der Waals surface area contributed by atoms with Crippen molar-refractivity contribution >= 4 is 39.5 Å². The molecular formula is C78H152O17P2. The molecule has 0 bridgehead atoms. The fourth-order valence-electron chi connectivity index (χ4n) is 11.9. The molecule has 0 radical (unpaired) electrons. The first-order chi connectivity index (χ1) is 46.6. The van der Waals surface area contributed by atoms with Gasteiger partial charge in [-0.05, 0) is 49.4 Å². The second-order valence-electron chi connectivity index (χ2n) is 29.8. The highest BCUT2D eigenvalue weighted by molar-refractivity contribution is 7.47. The molecule has 0 saturated heterocycles. The van der Waals surface area contributed by atoms with Crippen molar-refractivity contribution in [1.29, 1.82) is 0 Å². The molecule has 3 unspecified atom stereocenters. The molecule has 0 fully saturated rings. The smallest absolute Gasteiger partial charge is 0.462 e. The number of hydrogen-bond donors (Lipinski definition) is 3. The molecule has 6 atom stereocenters. The van der Waals surface area contributed by atoms with Crippen LogP contribution < -0.4 is 0 Å². The third-order valence-corrected chi connectivity index (χ3v) is 20.3. The van der Waals surface area contributed by atoms with E-state index in [4.69, 9.17) is 37.0 Å². The Balaban J connectivity index is 5.17. The summed E-state index contributed by atoms with van der Waals surface area (Å²) >= 11 is 0. The van der Waals surface area contributed by atoms with Gasteiger partial charge < -0.3 is 33.8 Å². The summed E-state index contributed by atoms with van der Waals surface area (Å²) in [5.74, 6) is 0.925. The number of carbonyl (C=O) groups excluding carboxylic acids is 4. The standard InChI is InChI=1S/C78H152O17P2/c1-9-71(8)57-49-41-32-25-21-16-14-12-10-11-13-15-17-22-26-33-42-50-58-75(80)88-64-73(94-77(82)60-52-44-34-27-23-19-18-20-24-30-38-46-54-68(2)3)66-92-96(84,85)90-62-72(79)63-91-97(86,87)93-67-74(65-89-76(81)59-51-43-37-36-40-48-56-70(6)7)95-78(83)61-53-45-35-29-28-31-39-47-55-69(4)5/h68-74,79H,9-67H2,1-8H3,(H,84,85)(H,86,87)/t71?,72-,73-,74-/m1/s1. The lowest BCUT2D eigenvalue weighted by Gasteiger charge is -2.21. The topological polar surface area (TPSA) is 237 Å². The molecule has 0 amide bonds. The van der Waals surface area contributed by atoms with Crippen LogP contribution in [0.3, 0.4) is 0 Å². The van der Waals surface area contributed by atoms with Gasteiger partial charge in [0, 0.05) is 25.7 Å². The second kappa shape index (κ2) is 67.2. The van der Waals surface area contributed by atoms with Crippen molar-refractivity contribution in [2.75, 3.05) is 39.6 Å². The maximum Gasteiger partial charge on any atom is 0.472 e. The second-order valence-corrected chi connectivity index (χ2v) is 32.7. The monoisotopic (exact) mass is 1420 g/mol. The summed E-state index contributed by atoms with van der Waals surface area (Å²) in [6.45, 7) is 14.2. The van der Waals surface area contributed by atoms with Crippen molar-refractivity contribution in [2.45, 2.75) is 414 Å².